The van der Waals surface area contributed by atoms with E-state index in [2.05, 4.69) is 5.32 Å². The molecule has 5 nitrogen and oxygen atoms in total. The maximum absolute atomic E-state index is 13.1. The molecule has 2 N–H and O–H groups in total. The van der Waals surface area contributed by atoms with Crippen LogP contribution in [0.25, 0.3) is 0 Å². The normalized spacial score (nSPS) is 16.3. The van der Waals surface area contributed by atoms with Gasteiger partial charge >= 0.3 is 5.97 Å². The number of benzene rings is 3. The first-order chi connectivity index (χ1) is 15.1. The van der Waals surface area contributed by atoms with E-state index in [1.165, 1.54) is 4.90 Å². The van der Waals surface area contributed by atoms with Crippen LogP contribution in [0.15, 0.2) is 91.0 Å². The standard InChI is InChI=1S/C26H26N2O3/c29-24(28-18-10-17-23(28)25(30)31)19-27-26(20-11-4-1-5-12-20,21-13-6-2-7-14-21)22-15-8-3-9-16-22/h1-9,11-16,23,27H,10,17-19H2,(H,30,31)/t23-/m0/s1. The predicted molar refractivity (Wildman–Crippen MR) is 120 cm³/mol. The first kappa shape index (κ1) is 20.8. The zero-order chi connectivity index (χ0) is 21.7. The van der Waals surface area contributed by atoms with E-state index in [0.717, 1.165) is 16.7 Å². The number of carbonyl (C=O) groups is 2. The highest BCUT2D eigenvalue weighted by atomic mass is 16.4. The third-order valence-corrected chi connectivity index (χ3v) is 5.98. The van der Waals surface area contributed by atoms with Gasteiger partial charge in [-0.05, 0) is 29.5 Å². The van der Waals surface area contributed by atoms with Gasteiger partial charge in [0.2, 0.25) is 5.91 Å². The van der Waals surface area contributed by atoms with Crippen molar-refractivity contribution in [2.24, 2.45) is 0 Å². The number of carboxylic acid groups (broad SMARTS) is 1. The Morgan fingerprint density at radius 1 is 0.839 bits per heavy atom. The molecule has 4 rings (SSSR count). The van der Waals surface area contributed by atoms with Crippen LogP contribution in [0.2, 0.25) is 0 Å². The monoisotopic (exact) mass is 414 g/mol. The van der Waals surface area contributed by atoms with Crippen molar-refractivity contribution in [2.45, 2.75) is 24.4 Å². The summed E-state index contributed by atoms with van der Waals surface area (Å²) in [5.41, 5.74) is 2.28. The third kappa shape index (κ3) is 4.09. The van der Waals surface area contributed by atoms with E-state index in [1.54, 1.807) is 0 Å². The third-order valence-electron chi connectivity index (χ3n) is 5.98. The van der Waals surface area contributed by atoms with Crippen LogP contribution in [0.4, 0.5) is 0 Å². The zero-order valence-corrected chi connectivity index (χ0v) is 17.3. The fourth-order valence-electron chi connectivity index (χ4n) is 4.50. The highest BCUT2D eigenvalue weighted by molar-refractivity contribution is 5.85. The Kier molecular flexibility index (Phi) is 6.14. The maximum Gasteiger partial charge on any atom is 0.326 e. The molecule has 0 radical (unpaired) electrons. The summed E-state index contributed by atoms with van der Waals surface area (Å²) in [5, 5.41) is 13.0. The van der Waals surface area contributed by atoms with Gasteiger partial charge in [0.1, 0.15) is 6.04 Å². The number of carboxylic acids is 1. The Labute approximate surface area is 182 Å². The van der Waals surface area contributed by atoms with E-state index in [-0.39, 0.29) is 12.5 Å². The Bertz CT molecular complexity index is 926. The summed E-state index contributed by atoms with van der Waals surface area (Å²) in [4.78, 5) is 26.2. The van der Waals surface area contributed by atoms with E-state index < -0.39 is 17.6 Å². The minimum Gasteiger partial charge on any atom is -0.480 e. The average molecular weight is 415 g/mol. The minimum absolute atomic E-state index is 0.0302. The van der Waals surface area contributed by atoms with Gasteiger partial charge in [0.15, 0.2) is 0 Å². The molecule has 0 saturated carbocycles. The molecule has 0 bridgehead atoms. The van der Waals surface area contributed by atoms with Crippen LogP contribution in [0.3, 0.4) is 0 Å². The number of aliphatic carboxylic acids is 1. The smallest absolute Gasteiger partial charge is 0.326 e. The second-order valence-corrected chi connectivity index (χ2v) is 7.79. The Hall–Kier alpha value is -3.44. The van der Waals surface area contributed by atoms with Crippen LogP contribution >= 0.6 is 0 Å². The van der Waals surface area contributed by atoms with Crippen molar-refractivity contribution in [3.05, 3.63) is 108 Å². The Balaban J connectivity index is 1.76. The number of rotatable bonds is 7. The number of carbonyl (C=O) groups excluding carboxylic acids is 1. The number of nitrogens with one attached hydrogen (secondary N) is 1. The molecule has 3 aromatic carbocycles. The lowest BCUT2D eigenvalue weighted by atomic mass is 9.77. The molecule has 0 aliphatic carbocycles. The van der Waals surface area contributed by atoms with E-state index in [1.807, 2.05) is 91.0 Å². The van der Waals surface area contributed by atoms with Gasteiger partial charge in [0, 0.05) is 6.54 Å². The lowest BCUT2D eigenvalue weighted by molar-refractivity contribution is -0.147. The molecule has 31 heavy (non-hydrogen) atoms. The quantitative estimate of drug-likeness (QED) is 0.579. The summed E-state index contributed by atoms with van der Waals surface area (Å²) in [6.07, 6.45) is 1.21. The van der Waals surface area contributed by atoms with Gasteiger partial charge < -0.3 is 10.0 Å². The summed E-state index contributed by atoms with van der Waals surface area (Å²) in [6, 6.07) is 29.4. The van der Waals surface area contributed by atoms with E-state index in [4.69, 9.17) is 0 Å². The van der Waals surface area contributed by atoms with E-state index in [0.29, 0.717) is 19.4 Å². The first-order valence-electron chi connectivity index (χ1n) is 10.6. The molecule has 1 heterocycles. The molecule has 5 heteroatoms. The van der Waals surface area contributed by atoms with Crippen LogP contribution in [0.1, 0.15) is 29.5 Å². The Morgan fingerprint density at radius 3 is 1.71 bits per heavy atom. The van der Waals surface area contributed by atoms with Crippen molar-refractivity contribution < 1.29 is 14.7 Å². The molecule has 0 unspecified atom stereocenters. The van der Waals surface area contributed by atoms with Gasteiger partial charge in [-0.1, -0.05) is 91.0 Å². The lowest BCUT2D eigenvalue weighted by Gasteiger charge is -2.37. The van der Waals surface area contributed by atoms with Crippen molar-refractivity contribution in [3.8, 4) is 0 Å². The van der Waals surface area contributed by atoms with Gasteiger partial charge in [-0.25, -0.2) is 4.79 Å². The molecule has 1 fully saturated rings. The highest BCUT2D eigenvalue weighted by Crippen LogP contribution is 2.36. The molecule has 1 aliphatic heterocycles. The van der Waals surface area contributed by atoms with Gasteiger partial charge in [-0.2, -0.15) is 0 Å². The summed E-state index contributed by atoms with van der Waals surface area (Å²) >= 11 is 0. The molecule has 1 atom stereocenters. The fraction of sp³-hybridized carbons (Fsp3) is 0.231. The zero-order valence-electron chi connectivity index (χ0n) is 17.3. The average Bonchev–Trinajstić information content (AvgIpc) is 3.32. The topological polar surface area (TPSA) is 69.6 Å². The minimum atomic E-state index is -0.939. The molecule has 3 aromatic rings. The van der Waals surface area contributed by atoms with Crippen molar-refractivity contribution >= 4 is 11.9 Å². The SMILES string of the molecule is O=C(O)[C@@H]1CCCN1C(=O)CNC(c1ccccc1)(c1ccccc1)c1ccccc1. The van der Waals surface area contributed by atoms with Crippen molar-refractivity contribution in [1.82, 2.24) is 10.2 Å². The second-order valence-electron chi connectivity index (χ2n) is 7.79. The van der Waals surface area contributed by atoms with E-state index in [9.17, 15) is 14.7 Å². The number of likely N-dealkylation sites (tertiary alicyclic amines) is 1. The number of nitrogens with zero attached hydrogens (tertiary/aromatic N) is 1. The van der Waals surface area contributed by atoms with Gasteiger partial charge in [-0.3, -0.25) is 10.1 Å². The first-order valence-corrected chi connectivity index (χ1v) is 10.6. The molecule has 0 aromatic heterocycles. The molecular weight excluding hydrogens is 388 g/mol. The molecule has 158 valence electrons. The van der Waals surface area contributed by atoms with E-state index >= 15 is 0 Å². The van der Waals surface area contributed by atoms with Crippen LogP contribution in [-0.2, 0) is 15.1 Å². The number of hydrogen-bond acceptors (Lipinski definition) is 3. The molecule has 0 spiro atoms. The molecule has 1 aliphatic rings. The summed E-state index contributed by atoms with van der Waals surface area (Å²) in [6.45, 7) is 0.509. The number of amides is 1. The largest absolute Gasteiger partial charge is 0.480 e. The van der Waals surface area contributed by atoms with Gasteiger partial charge in [0.25, 0.3) is 0 Å². The van der Waals surface area contributed by atoms with Crippen LogP contribution in [-0.4, -0.2) is 41.0 Å². The molecule has 1 amide bonds. The maximum atomic E-state index is 13.1. The highest BCUT2D eigenvalue weighted by Gasteiger charge is 2.38. The van der Waals surface area contributed by atoms with Crippen molar-refractivity contribution in [3.63, 3.8) is 0 Å². The second kappa shape index (κ2) is 9.14. The van der Waals surface area contributed by atoms with Crippen molar-refractivity contribution in [2.75, 3.05) is 13.1 Å². The lowest BCUT2D eigenvalue weighted by Crippen LogP contribution is -2.51. The Morgan fingerprint density at radius 2 is 1.29 bits per heavy atom. The van der Waals surface area contributed by atoms with Crippen LogP contribution in [0, 0.1) is 0 Å². The summed E-state index contributed by atoms with van der Waals surface area (Å²) in [7, 11) is 0. The summed E-state index contributed by atoms with van der Waals surface area (Å²) < 4.78 is 0. The number of hydrogen-bond donors (Lipinski definition) is 2. The van der Waals surface area contributed by atoms with Gasteiger partial charge in [-0.15, -0.1) is 0 Å². The van der Waals surface area contributed by atoms with Crippen LogP contribution < -0.4 is 5.32 Å². The van der Waals surface area contributed by atoms with Crippen molar-refractivity contribution in [1.29, 1.82) is 0 Å². The fourth-order valence-corrected chi connectivity index (χ4v) is 4.50. The van der Waals surface area contributed by atoms with Crippen LogP contribution in [0.5, 0.6) is 0 Å². The molecule has 1 saturated heterocycles. The predicted octanol–water partition coefficient (Wildman–Crippen LogP) is 3.64. The van der Waals surface area contributed by atoms with Gasteiger partial charge in [0.05, 0.1) is 12.1 Å². The summed E-state index contributed by atoms with van der Waals surface area (Å²) in [5.74, 6) is -1.14. The molecular formula is C26H26N2O3.